The number of nitrogens with one attached hydrogen (secondary N) is 1. The Hall–Kier alpha value is -1.69. The molecule has 1 N–H and O–H groups in total. The largest absolute Gasteiger partial charge is 0.336 e. The summed E-state index contributed by atoms with van der Waals surface area (Å²) >= 11 is 0. The zero-order chi connectivity index (χ0) is 10.8. The molecule has 1 unspecified atom stereocenters. The SMILES string of the molecule is CNC(c1cncn1C)c1cnnn1C. The maximum atomic E-state index is 4.10. The molecular formula is C9H14N6. The molecule has 15 heavy (non-hydrogen) atoms. The average molecular weight is 206 g/mol. The molecule has 0 aliphatic heterocycles. The molecule has 0 aliphatic rings. The fourth-order valence-corrected chi connectivity index (χ4v) is 1.65. The van der Waals surface area contributed by atoms with Crippen LogP contribution in [-0.4, -0.2) is 31.6 Å². The molecule has 0 radical (unpaired) electrons. The molecule has 2 rings (SSSR count). The molecule has 0 fully saturated rings. The van der Waals surface area contributed by atoms with Crippen molar-refractivity contribution in [1.82, 2.24) is 29.9 Å². The summed E-state index contributed by atoms with van der Waals surface area (Å²) in [7, 11) is 5.75. The molecule has 1 atom stereocenters. The third kappa shape index (κ3) is 1.63. The van der Waals surface area contributed by atoms with Crippen LogP contribution in [0.4, 0.5) is 0 Å². The molecule has 0 saturated heterocycles. The van der Waals surface area contributed by atoms with E-state index in [0.717, 1.165) is 11.4 Å². The van der Waals surface area contributed by atoms with E-state index < -0.39 is 0 Å². The molecule has 2 aromatic heterocycles. The average Bonchev–Trinajstić information content (AvgIpc) is 2.80. The van der Waals surface area contributed by atoms with Gasteiger partial charge in [-0.3, -0.25) is 4.68 Å². The van der Waals surface area contributed by atoms with Crippen LogP contribution in [0.3, 0.4) is 0 Å². The Morgan fingerprint density at radius 3 is 2.53 bits per heavy atom. The summed E-state index contributed by atoms with van der Waals surface area (Å²) in [6.07, 6.45) is 5.38. The highest BCUT2D eigenvalue weighted by molar-refractivity contribution is 5.18. The minimum atomic E-state index is 0.0671. The molecule has 0 spiro atoms. The number of hydrogen-bond donors (Lipinski definition) is 1. The lowest BCUT2D eigenvalue weighted by Gasteiger charge is -2.15. The van der Waals surface area contributed by atoms with E-state index in [1.807, 2.05) is 31.9 Å². The topological polar surface area (TPSA) is 60.6 Å². The predicted octanol–water partition coefficient (Wildman–Crippen LogP) is -0.143. The van der Waals surface area contributed by atoms with E-state index in [1.54, 1.807) is 17.2 Å². The third-order valence-electron chi connectivity index (χ3n) is 2.48. The molecular weight excluding hydrogens is 192 g/mol. The van der Waals surface area contributed by atoms with Gasteiger partial charge in [0.2, 0.25) is 0 Å². The summed E-state index contributed by atoms with van der Waals surface area (Å²) in [5.41, 5.74) is 2.10. The summed E-state index contributed by atoms with van der Waals surface area (Å²) in [4.78, 5) is 4.10. The van der Waals surface area contributed by atoms with Gasteiger partial charge < -0.3 is 9.88 Å². The quantitative estimate of drug-likeness (QED) is 0.759. The van der Waals surface area contributed by atoms with Crippen LogP contribution in [0.1, 0.15) is 17.4 Å². The molecule has 0 amide bonds. The van der Waals surface area contributed by atoms with Crippen LogP contribution >= 0.6 is 0 Å². The van der Waals surface area contributed by atoms with E-state index in [4.69, 9.17) is 0 Å². The van der Waals surface area contributed by atoms with Gasteiger partial charge in [0, 0.05) is 14.1 Å². The van der Waals surface area contributed by atoms with E-state index in [0.29, 0.717) is 0 Å². The van der Waals surface area contributed by atoms with Crippen LogP contribution in [0.15, 0.2) is 18.7 Å². The van der Waals surface area contributed by atoms with Crippen molar-refractivity contribution in [3.05, 3.63) is 30.1 Å². The predicted molar refractivity (Wildman–Crippen MR) is 55.1 cm³/mol. The Labute approximate surface area is 87.9 Å². The molecule has 6 heteroatoms. The Balaban J connectivity index is 2.41. The van der Waals surface area contributed by atoms with Crippen molar-refractivity contribution in [3.63, 3.8) is 0 Å². The first kappa shape index (κ1) is 9.85. The minimum absolute atomic E-state index is 0.0671. The van der Waals surface area contributed by atoms with Gasteiger partial charge in [-0.05, 0) is 7.05 Å². The van der Waals surface area contributed by atoms with Gasteiger partial charge in [-0.15, -0.1) is 5.10 Å². The van der Waals surface area contributed by atoms with Crippen molar-refractivity contribution in [1.29, 1.82) is 0 Å². The van der Waals surface area contributed by atoms with E-state index in [9.17, 15) is 0 Å². The summed E-state index contributed by atoms with van der Waals surface area (Å²) in [6, 6.07) is 0.0671. The van der Waals surface area contributed by atoms with Crippen LogP contribution < -0.4 is 5.32 Å². The Morgan fingerprint density at radius 2 is 2.07 bits per heavy atom. The lowest BCUT2D eigenvalue weighted by atomic mass is 10.1. The third-order valence-corrected chi connectivity index (χ3v) is 2.48. The van der Waals surface area contributed by atoms with E-state index in [-0.39, 0.29) is 6.04 Å². The van der Waals surface area contributed by atoms with Gasteiger partial charge >= 0.3 is 0 Å². The Bertz CT molecular complexity index is 403. The van der Waals surface area contributed by atoms with Crippen LogP contribution in [0.2, 0.25) is 0 Å². The second-order valence-corrected chi connectivity index (χ2v) is 3.43. The maximum absolute atomic E-state index is 4.10. The highest BCUT2D eigenvalue weighted by atomic mass is 15.4. The van der Waals surface area contributed by atoms with Crippen LogP contribution in [0, 0.1) is 0 Å². The lowest BCUT2D eigenvalue weighted by Crippen LogP contribution is -2.22. The standard InChI is InChI=1S/C9H14N6/c1-10-9(7-4-11-6-14(7)2)8-5-12-13-15(8)3/h4-6,9-10H,1-3H3. The van der Waals surface area contributed by atoms with Crippen LogP contribution in [0.5, 0.6) is 0 Å². The zero-order valence-electron chi connectivity index (χ0n) is 9.05. The molecule has 0 saturated carbocycles. The first-order valence-electron chi connectivity index (χ1n) is 4.72. The van der Waals surface area contributed by atoms with Crippen LogP contribution in [0.25, 0.3) is 0 Å². The van der Waals surface area contributed by atoms with Crippen molar-refractivity contribution in [2.75, 3.05) is 7.05 Å². The summed E-state index contributed by atoms with van der Waals surface area (Å²) < 4.78 is 3.74. The highest BCUT2D eigenvalue weighted by Crippen LogP contribution is 2.18. The van der Waals surface area contributed by atoms with Crippen molar-refractivity contribution in [2.24, 2.45) is 14.1 Å². The van der Waals surface area contributed by atoms with Crippen molar-refractivity contribution in [2.45, 2.75) is 6.04 Å². The molecule has 80 valence electrons. The summed E-state index contributed by atoms with van der Waals surface area (Å²) in [6.45, 7) is 0. The number of aromatic nitrogens is 5. The normalized spacial score (nSPS) is 13.0. The zero-order valence-corrected chi connectivity index (χ0v) is 9.05. The van der Waals surface area contributed by atoms with Gasteiger partial charge in [0.05, 0.1) is 36.2 Å². The molecule has 0 aliphatic carbocycles. The molecule has 6 nitrogen and oxygen atoms in total. The van der Waals surface area contributed by atoms with Crippen molar-refractivity contribution >= 4 is 0 Å². The van der Waals surface area contributed by atoms with Gasteiger partial charge in [0.1, 0.15) is 0 Å². The van der Waals surface area contributed by atoms with Crippen molar-refractivity contribution in [3.8, 4) is 0 Å². The van der Waals surface area contributed by atoms with Gasteiger partial charge in [-0.1, -0.05) is 5.21 Å². The number of hydrogen-bond acceptors (Lipinski definition) is 4. The van der Waals surface area contributed by atoms with Crippen molar-refractivity contribution < 1.29 is 0 Å². The van der Waals surface area contributed by atoms with E-state index >= 15 is 0 Å². The van der Waals surface area contributed by atoms with E-state index in [2.05, 4.69) is 20.6 Å². The van der Waals surface area contributed by atoms with Gasteiger partial charge in [0.15, 0.2) is 0 Å². The Kier molecular flexibility index (Phi) is 2.51. The summed E-state index contributed by atoms with van der Waals surface area (Å²) in [5.74, 6) is 0. The first-order chi connectivity index (χ1) is 7.24. The van der Waals surface area contributed by atoms with Gasteiger partial charge in [-0.2, -0.15) is 0 Å². The smallest absolute Gasteiger partial charge is 0.0946 e. The fourth-order valence-electron chi connectivity index (χ4n) is 1.65. The molecule has 0 aromatic carbocycles. The van der Waals surface area contributed by atoms with E-state index in [1.165, 1.54) is 0 Å². The monoisotopic (exact) mass is 206 g/mol. The number of aryl methyl sites for hydroxylation is 2. The highest BCUT2D eigenvalue weighted by Gasteiger charge is 2.18. The number of nitrogens with zero attached hydrogens (tertiary/aromatic N) is 5. The second kappa shape index (κ2) is 3.82. The second-order valence-electron chi connectivity index (χ2n) is 3.43. The molecule has 0 bridgehead atoms. The summed E-state index contributed by atoms with van der Waals surface area (Å²) in [5, 5.41) is 11.0. The van der Waals surface area contributed by atoms with Crippen LogP contribution in [-0.2, 0) is 14.1 Å². The number of rotatable bonds is 3. The number of imidazole rings is 1. The lowest BCUT2D eigenvalue weighted by molar-refractivity contribution is 0.572. The Morgan fingerprint density at radius 1 is 1.27 bits per heavy atom. The van der Waals surface area contributed by atoms with Gasteiger partial charge in [0.25, 0.3) is 0 Å². The molecule has 2 aromatic rings. The molecule has 2 heterocycles. The van der Waals surface area contributed by atoms with Gasteiger partial charge in [-0.25, -0.2) is 4.98 Å². The minimum Gasteiger partial charge on any atom is -0.336 e. The maximum Gasteiger partial charge on any atom is 0.0946 e. The first-order valence-corrected chi connectivity index (χ1v) is 4.72. The fraction of sp³-hybridized carbons (Fsp3) is 0.444.